The van der Waals surface area contributed by atoms with Gasteiger partial charge in [-0.25, -0.2) is 4.79 Å². The Morgan fingerprint density at radius 2 is 1.80 bits per heavy atom. The molecule has 0 radical (unpaired) electrons. The highest BCUT2D eigenvalue weighted by Gasteiger charge is 2.38. The predicted molar refractivity (Wildman–Crippen MR) is 66.4 cm³/mol. The molecule has 0 aromatic heterocycles. The first-order valence-electron chi connectivity index (χ1n) is 6.40. The van der Waals surface area contributed by atoms with Gasteiger partial charge in [0.1, 0.15) is 12.1 Å². The summed E-state index contributed by atoms with van der Waals surface area (Å²) in [5, 5.41) is 15.9. The second kappa shape index (κ2) is 6.67. The second-order valence-electron chi connectivity index (χ2n) is 4.90. The number of nitrogens with two attached hydrogens (primary N) is 1. The van der Waals surface area contributed by atoms with E-state index in [1.165, 1.54) is 0 Å². The van der Waals surface area contributed by atoms with Crippen LogP contribution in [0.3, 0.4) is 0 Å². The monoisotopic (exact) mass is 296 g/mol. The number of halogens is 3. The first-order valence-corrected chi connectivity index (χ1v) is 6.40. The van der Waals surface area contributed by atoms with E-state index < -0.39 is 24.3 Å². The van der Waals surface area contributed by atoms with Gasteiger partial charge in [0.2, 0.25) is 0 Å². The summed E-state index contributed by atoms with van der Waals surface area (Å²) in [5.74, 6) is -0.179. The van der Waals surface area contributed by atoms with E-state index in [0.29, 0.717) is 12.8 Å². The lowest BCUT2D eigenvalue weighted by molar-refractivity contribution is -0.122. The van der Waals surface area contributed by atoms with Crippen molar-refractivity contribution in [2.45, 2.75) is 50.2 Å². The summed E-state index contributed by atoms with van der Waals surface area (Å²) in [6, 6.07) is -0.976. The number of oxime groups is 1. The highest BCUT2D eigenvalue weighted by Crippen LogP contribution is 2.27. The predicted octanol–water partition coefficient (Wildman–Crippen LogP) is 1.69. The van der Waals surface area contributed by atoms with E-state index in [9.17, 15) is 18.0 Å². The molecule has 9 heteroatoms. The van der Waals surface area contributed by atoms with Crippen molar-refractivity contribution in [3.63, 3.8) is 0 Å². The van der Waals surface area contributed by atoms with Crippen molar-refractivity contribution < 1.29 is 23.2 Å². The molecule has 0 spiro atoms. The van der Waals surface area contributed by atoms with Crippen LogP contribution in [-0.2, 0) is 0 Å². The molecule has 1 fully saturated rings. The van der Waals surface area contributed by atoms with Crippen LogP contribution in [0, 0.1) is 0 Å². The summed E-state index contributed by atoms with van der Waals surface area (Å²) in [6.07, 6.45) is -0.251. The molecule has 0 unspecified atom stereocenters. The normalized spacial score (nSPS) is 20.1. The van der Waals surface area contributed by atoms with Gasteiger partial charge < -0.3 is 21.6 Å². The van der Waals surface area contributed by atoms with Gasteiger partial charge in [-0.2, -0.15) is 13.2 Å². The molecule has 1 aliphatic carbocycles. The van der Waals surface area contributed by atoms with Crippen LogP contribution in [0.5, 0.6) is 0 Å². The number of hydrogen-bond acceptors (Lipinski definition) is 3. The second-order valence-corrected chi connectivity index (χ2v) is 4.90. The summed E-state index contributed by atoms with van der Waals surface area (Å²) >= 11 is 0. The molecule has 20 heavy (non-hydrogen) atoms. The molecule has 1 aliphatic rings. The summed E-state index contributed by atoms with van der Waals surface area (Å²) in [4.78, 5) is 11.6. The number of carbonyl (C=O) groups is 1. The number of amides is 2. The molecule has 1 saturated carbocycles. The summed E-state index contributed by atoms with van der Waals surface area (Å²) < 4.78 is 36.1. The van der Waals surface area contributed by atoms with Crippen LogP contribution in [0.1, 0.15) is 38.5 Å². The molecule has 0 heterocycles. The van der Waals surface area contributed by atoms with Crippen LogP contribution in [-0.4, -0.2) is 35.3 Å². The largest absolute Gasteiger partial charge is 0.409 e. The van der Waals surface area contributed by atoms with Crippen molar-refractivity contribution in [2.24, 2.45) is 10.9 Å². The van der Waals surface area contributed by atoms with Gasteiger partial charge in [-0.3, -0.25) is 0 Å². The Morgan fingerprint density at radius 1 is 1.25 bits per heavy atom. The fourth-order valence-corrected chi connectivity index (χ4v) is 2.32. The van der Waals surface area contributed by atoms with E-state index >= 15 is 0 Å². The molecule has 5 N–H and O–H groups in total. The summed E-state index contributed by atoms with van der Waals surface area (Å²) in [6.45, 7) is -1.43. The molecule has 2 amide bonds. The molecule has 0 aromatic carbocycles. The average molecular weight is 296 g/mol. The number of amidine groups is 1. The summed E-state index contributed by atoms with van der Waals surface area (Å²) in [7, 11) is 0. The SMILES string of the molecule is NC(=NO)C1(NC(=O)NCC(F)(F)F)CCCCCC1. The topological polar surface area (TPSA) is 99.7 Å². The van der Waals surface area contributed by atoms with Crippen LogP contribution < -0.4 is 16.4 Å². The number of carbonyl (C=O) groups excluding carboxylic acids is 1. The first kappa shape index (κ1) is 16.4. The Morgan fingerprint density at radius 3 is 2.25 bits per heavy atom. The maximum Gasteiger partial charge on any atom is 0.405 e. The highest BCUT2D eigenvalue weighted by molar-refractivity contribution is 5.93. The number of nitrogens with one attached hydrogen (secondary N) is 2. The third-order valence-electron chi connectivity index (χ3n) is 3.36. The van der Waals surface area contributed by atoms with Crippen molar-refractivity contribution >= 4 is 11.9 Å². The number of hydrogen-bond donors (Lipinski definition) is 4. The van der Waals surface area contributed by atoms with Gasteiger partial charge in [-0.05, 0) is 12.8 Å². The maximum absolute atomic E-state index is 12.0. The van der Waals surface area contributed by atoms with Gasteiger partial charge in [0.15, 0.2) is 5.84 Å². The van der Waals surface area contributed by atoms with E-state index in [-0.39, 0.29) is 5.84 Å². The highest BCUT2D eigenvalue weighted by atomic mass is 19.4. The Hall–Kier alpha value is -1.67. The maximum atomic E-state index is 12.0. The van der Waals surface area contributed by atoms with Gasteiger partial charge in [-0.15, -0.1) is 0 Å². The quantitative estimate of drug-likeness (QED) is 0.210. The molecule has 1 rings (SSSR count). The Bertz CT molecular complexity index is 363. The molecule has 6 nitrogen and oxygen atoms in total. The number of nitrogens with zero attached hydrogens (tertiary/aromatic N) is 1. The average Bonchev–Trinajstić information content (AvgIpc) is 2.61. The fraction of sp³-hybridized carbons (Fsp3) is 0.818. The number of alkyl halides is 3. The van der Waals surface area contributed by atoms with Crippen molar-refractivity contribution in [3.8, 4) is 0 Å². The molecule has 0 aromatic rings. The van der Waals surface area contributed by atoms with Gasteiger partial charge in [0.25, 0.3) is 0 Å². The fourth-order valence-electron chi connectivity index (χ4n) is 2.32. The van der Waals surface area contributed by atoms with Crippen molar-refractivity contribution in [2.75, 3.05) is 6.54 Å². The van der Waals surface area contributed by atoms with Crippen molar-refractivity contribution in [1.82, 2.24) is 10.6 Å². The van der Waals surface area contributed by atoms with E-state index in [1.807, 2.05) is 0 Å². The van der Waals surface area contributed by atoms with Crippen LogP contribution in [0.25, 0.3) is 0 Å². The van der Waals surface area contributed by atoms with Gasteiger partial charge in [-0.1, -0.05) is 30.8 Å². The van der Waals surface area contributed by atoms with Crippen LogP contribution in [0.15, 0.2) is 5.16 Å². The number of urea groups is 1. The standard InChI is InChI=1S/C11H19F3N4O2/c12-11(13,14)7-16-9(19)17-10(8(15)18-20)5-3-1-2-4-6-10/h20H,1-7H2,(H2,15,18)(H2,16,17,19). The smallest absolute Gasteiger partial charge is 0.405 e. The van der Waals surface area contributed by atoms with Crippen molar-refractivity contribution in [1.29, 1.82) is 0 Å². The van der Waals surface area contributed by atoms with Crippen LogP contribution >= 0.6 is 0 Å². The molecule has 0 bridgehead atoms. The Labute approximate surface area is 114 Å². The third kappa shape index (κ3) is 4.78. The molecule has 116 valence electrons. The molecule has 0 saturated heterocycles. The van der Waals surface area contributed by atoms with Crippen LogP contribution in [0.2, 0.25) is 0 Å². The lowest BCUT2D eigenvalue weighted by Crippen LogP contribution is -2.60. The van der Waals surface area contributed by atoms with Crippen molar-refractivity contribution in [3.05, 3.63) is 0 Å². The van der Waals surface area contributed by atoms with Gasteiger partial charge >= 0.3 is 12.2 Å². The summed E-state index contributed by atoms with van der Waals surface area (Å²) in [5.41, 5.74) is 4.54. The van der Waals surface area contributed by atoms with Crippen LogP contribution in [0.4, 0.5) is 18.0 Å². The number of rotatable bonds is 3. The third-order valence-corrected chi connectivity index (χ3v) is 3.36. The van der Waals surface area contributed by atoms with Gasteiger partial charge in [0, 0.05) is 0 Å². The van der Waals surface area contributed by atoms with E-state index in [4.69, 9.17) is 10.9 Å². The minimum absolute atomic E-state index is 0.179. The molecule has 0 atom stereocenters. The van der Waals surface area contributed by atoms with Gasteiger partial charge in [0.05, 0.1) is 0 Å². The first-order chi connectivity index (χ1) is 9.29. The molecular formula is C11H19F3N4O2. The lowest BCUT2D eigenvalue weighted by atomic mass is 9.89. The molecule has 0 aliphatic heterocycles. The molecular weight excluding hydrogens is 277 g/mol. The zero-order chi connectivity index (χ0) is 15.2. The van der Waals surface area contributed by atoms with E-state index in [0.717, 1.165) is 25.7 Å². The zero-order valence-electron chi connectivity index (χ0n) is 11.0. The zero-order valence-corrected chi connectivity index (χ0v) is 11.0. The minimum atomic E-state index is -4.48. The van der Waals surface area contributed by atoms with E-state index in [1.54, 1.807) is 5.32 Å². The Kier molecular flexibility index (Phi) is 5.46. The minimum Gasteiger partial charge on any atom is -0.409 e. The Balaban J connectivity index is 2.72. The van der Waals surface area contributed by atoms with E-state index in [2.05, 4.69) is 10.5 Å². The lowest BCUT2D eigenvalue weighted by Gasteiger charge is -2.32.